The van der Waals surface area contributed by atoms with E-state index in [2.05, 4.69) is 21.3 Å². The zero-order valence-electron chi connectivity index (χ0n) is 19.5. The van der Waals surface area contributed by atoms with E-state index in [0.29, 0.717) is 51.6 Å². The molecule has 0 radical (unpaired) electrons. The first-order valence-corrected chi connectivity index (χ1v) is 11.6. The Bertz CT molecular complexity index is 820. The van der Waals surface area contributed by atoms with Crippen molar-refractivity contribution in [2.75, 3.05) is 26.7 Å². The van der Waals surface area contributed by atoms with E-state index >= 15 is 0 Å². The number of urea groups is 1. The summed E-state index contributed by atoms with van der Waals surface area (Å²) >= 11 is 0. The number of nitrogens with zero attached hydrogens (tertiary/aromatic N) is 1. The van der Waals surface area contributed by atoms with Crippen LogP contribution in [0, 0.1) is 5.41 Å². The molecule has 0 saturated heterocycles. The Morgan fingerprint density at radius 2 is 1.62 bits per heavy atom. The van der Waals surface area contributed by atoms with Crippen LogP contribution >= 0.6 is 0 Å². The molecular formula is C22H34N6O6. The van der Waals surface area contributed by atoms with Crippen LogP contribution in [0.3, 0.4) is 0 Å². The van der Waals surface area contributed by atoms with Gasteiger partial charge in [-0.15, -0.1) is 0 Å². The van der Waals surface area contributed by atoms with Crippen molar-refractivity contribution in [3.8, 4) is 0 Å². The van der Waals surface area contributed by atoms with E-state index in [1.54, 1.807) is 0 Å². The van der Waals surface area contributed by atoms with Gasteiger partial charge >= 0.3 is 6.03 Å². The zero-order chi connectivity index (χ0) is 25.1. The van der Waals surface area contributed by atoms with E-state index in [1.165, 1.54) is 24.1 Å². The van der Waals surface area contributed by atoms with Gasteiger partial charge in [0.2, 0.25) is 17.7 Å². The van der Waals surface area contributed by atoms with E-state index in [4.69, 9.17) is 5.73 Å². The maximum atomic E-state index is 13.0. The Morgan fingerprint density at radius 1 is 0.971 bits per heavy atom. The minimum absolute atomic E-state index is 0.265. The minimum Gasteiger partial charge on any atom is -0.357 e. The Kier molecular flexibility index (Phi) is 10.0. The fraction of sp³-hybridized carbons (Fsp3) is 0.636. The maximum Gasteiger partial charge on any atom is 0.312 e. The topological polar surface area (TPSA) is 180 Å². The van der Waals surface area contributed by atoms with Crippen molar-refractivity contribution >= 4 is 35.6 Å². The highest BCUT2D eigenvalue weighted by molar-refractivity contribution is 6.12. The molecular weight excluding hydrogens is 444 g/mol. The lowest BCUT2D eigenvalue weighted by Crippen LogP contribution is -2.59. The minimum atomic E-state index is -1.20. The number of primary amides is 1. The van der Waals surface area contributed by atoms with Crippen LogP contribution in [0.15, 0.2) is 12.2 Å². The molecule has 12 nitrogen and oxygen atoms in total. The lowest BCUT2D eigenvalue weighted by atomic mass is 9.67. The van der Waals surface area contributed by atoms with Crippen LogP contribution in [0.2, 0.25) is 0 Å². The molecule has 1 aliphatic heterocycles. The fourth-order valence-electron chi connectivity index (χ4n) is 3.94. The average molecular weight is 479 g/mol. The molecule has 1 aliphatic carbocycles. The molecule has 6 N–H and O–H groups in total. The van der Waals surface area contributed by atoms with Gasteiger partial charge in [-0.1, -0.05) is 6.42 Å². The number of carbonyl (C=O) groups is 6. The number of rotatable bonds is 14. The summed E-state index contributed by atoms with van der Waals surface area (Å²) in [6.45, 7) is 0.966. The van der Waals surface area contributed by atoms with Crippen molar-refractivity contribution in [1.29, 1.82) is 0 Å². The second kappa shape index (κ2) is 12.7. The predicted molar refractivity (Wildman–Crippen MR) is 122 cm³/mol. The third kappa shape index (κ3) is 7.03. The van der Waals surface area contributed by atoms with E-state index < -0.39 is 23.4 Å². The van der Waals surface area contributed by atoms with E-state index in [-0.39, 0.29) is 36.6 Å². The molecule has 0 aromatic rings. The molecule has 0 spiro atoms. The van der Waals surface area contributed by atoms with Gasteiger partial charge < -0.3 is 27.0 Å². The molecule has 1 heterocycles. The van der Waals surface area contributed by atoms with Crippen LogP contribution in [0.4, 0.5) is 4.79 Å². The van der Waals surface area contributed by atoms with E-state index in [1.807, 2.05) is 0 Å². The Balaban J connectivity index is 1.77. The normalized spacial score (nSPS) is 17.0. The first-order chi connectivity index (χ1) is 16.2. The van der Waals surface area contributed by atoms with Crippen LogP contribution < -0.4 is 27.0 Å². The highest BCUT2D eigenvalue weighted by Gasteiger charge is 2.51. The molecule has 0 unspecified atom stereocenters. The summed E-state index contributed by atoms with van der Waals surface area (Å²) < 4.78 is 0. The van der Waals surface area contributed by atoms with Crippen LogP contribution in [0.25, 0.3) is 0 Å². The van der Waals surface area contributed by atoms with Gasteiger partial charge in [0.15, 0.2) is 0 Å². The molecule has 0 bridgehead atoms. The lowest BCUT2D eigenvalue weighted by molar-refractivity contribution is -0.151. The summed E-state index contributed by atoms with van der Waals surface area (Å²) in [6.07, 6.45) is 6.71. The first-order valence-electron chi connectivity index (χ1n) is 11.6. The molecule has 2 aliphatic rings. The summed E-state index contributed by atoms with van der Waals surface area (Å²) in [7, 11) is 1.46. The van der Waals surface area contributed by atoms with Gasteiger partial charge in [0.05, 0.1) is 0 Å². The number of imide groups is 1. The van der Waals surface area contributed by atoms with Gasteiger partial charge in [-0.25, -0.2) is 4.79 Å². The Labute approximate surface area is 198 Å². The summed E-state index contributed by atoms with van der Waals surface area (Å²) in [5.41, 5.74) is 3.83. The van der Waals surface area contributed by atoms with Crippen LogP contribution in [0.1, 0.15) is 51.4 Å². The third-order valence-corrected chi connectivity index (χ3v) is 6.16. The summed E-state index contributed by atoms with van der Waals surface area (Å²) in [5.74, 6) is -1.85. The van der Waals surface area contributed by atoms with E-state index in [0.717, 1.165) is 6.42 Å². The molecule has 0 aromatic carbocycles. The monoisotopic (exact) mass is 478 g/mol. The number of carbonyl (C=O) groups excluding carboxylic acids is 6. The standard InChI is InChI=1S/C22H34N6O6/c1-24-18(31)15(7-5-13-26-21(23)34)27-20(33)22(10-6-11-22)19(32)25-12-3-2-4-14-28-16(29)8-9-17(28)30/h8-9,15H,2-7,10-14H2,1H3,(H,24,31)(H,25,32)(H,27,33)(H3,23,26,34)/t15-/m0/s1. The second-order valence-corrected chi connectivity index (χ2v) is 8.49. The largest absolute Gasteiger partial charge is 0.357 e. The fourth-order valence-corrected chi connectivity index (χ4v) is 3.94. The average Bonchev–Trinajstić information content (AvgIpc) is 3.08. The van der Waals surface area contributed by atoms with Crippen molar-refractivity contribution in [3.63, 3.8) is 0 Å². The van der Waals surface area contributed by atoms with Gasteiger partial charge in [0.25, 0.3) is 11.8 Å². The molecule has 34 heavy (non-hydrogen) atoms. The molecule has 2 rings (SSSR count). The van der Waals surface area contributed by atoms with Gasteiger partial charge in [0.1, 0.15) is 11.5 Å². The Hall–Kier alpha value is -3.44. The van der Waals surface area contributed by atoms with Crippen LogP contribution in [-0.2, 0) is 24.0 Å². The number of likely N-dealkylation sites (N-methyl/N-ethyl adjacent to an activating group) is 1. The molecule has 1 fully saturated rings. The maximum absolute atomic E-state index is 13.0. The number of nitrogens with two attached hydrogens (primary N) is 1. The summed E-state index contributed by atoms with van der Waals surface area (Å²) in [6, 6.07) is -1.50. The number of amides is 7. The third-order valence-electron chi connectivity index (χ3n) is 6.16. The van der Waals surface area contributed by atoms with E-state index in [9.17, 15) is 28.8 Å². The molecule has 188 valence electrons. The van der Waals surface area contributed by atoms with Gasteiger partial charge in [-0.05, 0) is 44.9 Å². The van der Waals surface area contributed by atoms with Gasteiger partial charge in [-0.3, -0.25) is 28.9 Å². The molecule has 1 atom stereocenters. The number of hydrogen-bond acceptors (Lipinski definition) is 6. The first kappa shape index (κ1) is 26.8. The highest BCUT2D eigenvalue weighted by Crippen LogP contribution is 2.41. The van der Waals surface area contributed by atoms with Gasteiger partial charge in [0, 0.05) is 38.8 Å². The summed E-state index contributed by atoms with van der Waals surface area (Å²) in [4.78, 5) is 73.0. The highest BCUT2D eigenvalue weighted by atomic mass is 16.2. The van der Waals surface area contributed by atoms with Gasteiger partial charge in [-0.2, -0.15) is 0 Å². The van der Waals surface area contributed by atoms with Crippen molar-refractivity contribution < 1.29 is 28.8 Å². The quantitative estimate of drug-likeness (QED) is 0.122. The molecule has 1 saturated carbocycles. The Morgan fingerprint density at radius 3 is 2.18 bits per heavy atom. The van der Waals surface area contributed by atoms with Crippen LogP contribution in [0.5, 0.6) is 0 Å². The smallest absolute Gasteiger partial charge is 0.312 e. The van der Waals surface area contributed by atoms with Crippen LogP contribution in [-0.4, -0.2) is 73.2 Å². The van der Waals surface area contributed by atoms with Crippen molar-refractivity contribution in [3.05, 3.63) is 12.2 Å². The second-order valence-electron chi connectivity index (χ2n) is 8.49. The van der Waals surface area contributed by atoms with Crippen molar-refractivity contribution in [2.24, 2.45) is 11.1 Å². The molecule has 7 amide bonds. The molecule has 12 heteroatoms. The summed E-state index contributed by atoms with van der Waals surface area (Å²) in [5, 5.41) is 10.4. The predicted octanol–water partition coefficient (Wildman–Crippen LogP) is -0.952. The molecule has 0 aromatic heterocycles. The SMILES string of the molecule is CNC(=O)[C@H](CCCNC(N)=O)NC(=O)C1(C(=O)NCCCCCN2C(=O)C=CC2=O)CCC1. The number of unbranched alkanes of at least 4 members (excludes halogenated alkanes) is 2. The zero-order valence-corrected chi connectivity index (χ0v) is 19.5. The van der Waals surface area contributed by atoms with Crippen molar-refractivity contribution in [1.82, 2.24) is 26.2 Å². The number of nitrogens with one attached hydrogen (secondary N) is 4. The van der Waals surface area contributed by atoms with Crippen molar-refractivity contribution in [2.45, 2.75) is 57.4 Å². The number of hydrogen-bond donors (Lipinski definition) is 5. The lowest BCUT2D eigenvalue weighted by Gasteiger charge is -2.39.